The van der Waals surface area contributed by atoms with Gasteiger partial charge in [-0.3, -0.25) is 0 Å². The minimum absolute atomic E-state index is 0.184. The number of nitrogens with zero attached hydrogens (tertiary/aromatic N) is 2. The van der Waals surface area contributed by atoms with Crippen molar-refractivity contribution in [3.63, 3.8) is 0 Å². The molecular formula is C20H24N2O6. The van der Waals surface area contributed by atoms with Crippen LogP contribution in [0, 0.1) is 13.8 Å². The number of carbonyl (C=O) groups is 2. The number of rotatable bonds is 4. The van der Waals surface area contributed by atoms with Gasteiger partial charge in [0.05, 0.1) is 0 Å². The summed E-state index contributed by atoms with van der Waals surface area (Å²) in [5.41, 5.74) is 0. The summed E-state index contributed by atoms with van der Waals surface area (Å²) in [6.07, 6.45) is 3.28. The normalized spacial score (nSPS) is 23.2. The number of carbonyl (C=O) groups excluding carboxylic acids is 2. The van der Waals surface area contributed by atoms with E-state index in [0.29, 0.717) is 13.1 Å². The minimum atomic E-state index is -1.03. The molecule has 0 aliphatic carbocycles. The van der Waals surface area contributed by atoms with Gasteiger partial charge in [-0.1, -0.05) is 0 Å². The molecule has 0 aromatic carbocycles. The van der Waals surface area contributed by atoms with Crippen LogP contribution < -0.4 is 0 Å². The molecule has 0 saturated carbocycles. The number of aryl methyl sites for hydroxylation is 2. The molecule has 0 spiro atoms. The topological polar surface area (TPSA) is 85.4 Å². The van der Waals surface area contributed by atoms with Gasteiger partial charge in [-0.25, -0.2) is 9.59 Å². The van der Waals surface area contributed by atoms with Crippen LogP contribution in [0.5, 0.6) is 0 Å². The van der Waals surface area contributed by atoms with Crippen LogP contribution in [0.15, 0.2) is 33.1 Å². The van der Waals surface area contributed by atoms with Crippen LogP contribution in [-0.2, 0) is 19.3 Å². The first-order valence-corrected chi connectivity index (χ1v) is 9.61. The van der Waals surface area contributed by atoms with Crippen molar-refractivity contribution < 1.29 is 28.1 Å². The largest absolute Gasteiger partial charge is 0.465 e. The highest BCUT2D eigenvalue weighted by molar-refractivity contribution is 6.29. The van der Waals surface area contributed by atoms with Gasteiger partial charge in [0.25, 0.3) is 0 Å². The molecule has 2 aliphatic heterocycles. The molecule has 2 saturated heterocycles. The van der Waals surface area contributed by atoms with Gasteiger partial charge in [0.1, 0.15) is 35.1 Å². The Kier molecular flexibility index (Phi) is 5.23. The second-order valence-corrected chi connectivity index (χ2v) is 7.25. The van der Waals surface area contributed by atoms with E-state index in [4.69, 9.17) is 18.5 Å². The quantitative estimate of drug-likeness (QED) is 0.737. The fourth-order valence-electron chi connectivity index (χ4n) is 3.82. The Morgan fingerprint density at radius 3 is 1.61 bits per heavy atom. The van der Waals surface area contributed by atoms with E-state index in [-0.39, 0.29) is 12.1 Å². The van der Waals surface area contributed by atoms with E-state index in [1.165, 1.54) is 10.1 Å². The molecule has 4 rings (SSSR count). The highest BCUT2D eigenvalue weighted by atomic mass is 16.8. The Bertz CT molecular complexity index is 786. The Morgan fingerprint density at radius 1 is 0.821 bits per heavy atom. The molecule has 2 unspecified atom stereocenters. The maximum atomic E-state index is 12.3. The van der Waals surface area contributed by atoms with E-state index >= 15 is 0 Å². The third-order valence-electron chi connectivity index (χ3n) is 5.15. The minimum Gasteiger partial charge on any atom is -0.465 e. The third-order valence-corrected chi connectivity index (χ3v) is 5.15. The molecule has 2 aromatic rings. The van der Waals surface area contributed by atoms with Crippen molar-refractivity contribution in [3.8, 4) is 0 Å². The lowest BCUT2D eigenvalue weighted by atomic mass is 10.2. The maximum absolute atomic E-state index is 12.3. The maximum Gasteiger partial charge on any atom is 0.438 e. The van der Waals surface area contributed by atoms with Crippen molar-refractivity contribution in [2.45, 2.75) is 51.6 Å². The Balaban J connectivity index is 1.36. The second kappa shape index (κ2) is 7.81. The lowest BCUT2D eigenvalue weighted by molar-refractivity contribution is -0.224. The third kappa shape index (κ3) is 3.83. The first kappa shape index (κ1) is 18.8. The van der Waals surface area contributed by atoms with Crippen LogP contribution in [0.2, 0.25) is 0 Å². The Hall–Kier alpha value is -2.58. The summed E-state index contributed by atoms with van der Waals surface area (Å²) in [5.74, 6) is 0.975. The predicted octanol–water partition coefficient (Wildman–Crippen LogP) is 3.38. The van der Waals surface area contributed by atoms with Gasteiger partial charge in [-0.05, 0) is 63.8 Å². The van der Waals surface area contributed by atoms with Gasteiger partial charge in [0, 0.05) is 13.1 Å². The first-order chi connectivity index (χ1) is 13.5. The molecule has 2 atom stereocenters. The van der Waals surface area contributed by atoms with Crippen LogP contribution >= 0.6 is 0 Å². The zero-order valence-corrected chi connectivity index (χ0v) is 16.1. The highest BCUT2D eigenvalue weighted by Gasteiger charge is 2.37. The molecule has 150 valence electrons. The summed E-state index contributed by atoms with van der Waals surface area (Å²) < 4.78 is 11.3. The van der Waals surface area contributed by atoms with Gasteiger partial charge in [0.2, 0.25) is 0 Å². The summed E-state index contributed by atoms with van der Waals surface area (Å²) in [7, 11) is 0. The summed E-state index contributed by atoms with van der Waals surface area (Å²) in [6, 6.07) is 7.10. The van der Waals surface area contributed by atoms with Crippen LogP contribution in [0.4, 0.5) is 0 Å². The summed E-state index contributed by atoms with van der Waals surface area (Å²) in [6.45, 7) is 4.81. The average Bonchev–Trinajstić information content (AvgIpc) is 3.42. The lowest BCUT2D eigenvalue weighted by Crippen LogP contribution is -2.35. The average molecular weight is 388 g/mol. The number of hydroxylamine groups is 4. The predicted molar refractivity (Wildman–Crippen MR) is 96.4 cm³/mol. The number of hydrogen-bond donors (Lipinski definition) is 0. The molecule has 28 heavy (non-hydrogen) atoms. The molecule has 0 N–H and O–H groups in total. The first-order valence-electron chi connectivity index (χ1n) is 9.61. The molecule has 4 heterocycles. The lowest BCUT2D eigenvalue weighted by Gasteiger charge is -2.23. The zero-order chi connectivity index (χ0) is 19.7. The standard InChI is InChI=1S/C20H24N2O6/c1-13-7-9-17(25-13)15-5-3-11-21(15)27-19(23)20(24)28-22-12-4-6-16(22)18-10-8-14(2)26-18/h7-10,15-16H,3-6,11-12H2,1-2H3. The van der Waals surface area contributed by atoms with E-state index in [1.807, 2.05) is 38.1 Å². The van der Waals surface area contributed by atoms with Crippen LogP contribution in [-0.4, -0.2) is 35.2 Å². The van der Waals surface area contributed by atoms with Crippen molar-refractivity contribution in [2.75, 3.05) is 13.1 Å². The molecular weight excluding hydrogens is 364 g/mol. The number of hydrogen-bond acceptors (Lipinski definition) is 8. The molecule has 0 radical (unpaired) electrons. The SMILES string of the molecule is Cc1ccc(C2CCCN2OC(=O)C(=O)ON2CCCC2c2ccc(C)o2)o1. The van der Waals surface area contributed by atoms with Gasteiger partial charge < -0.3 is 18.5 Å². The van der Waals surface area contributed by atoms with Gasteiger partial charge >= 0.3 is 11.9 Å². The Labute approximate surface area is 162 Å². The molecule has 8 heteroatoms. The van der Waals surface area contributed by atoms with E-state index in [9.17, 15) is 9.59 Å². The summed E-state index contributed by atoms with van der Waals surface area (Å²) >= 11 is 0. The molecule has 8 nitrogen and oxygen atoms in total. The van der Waals surface area contributed by atoms with E-state index in [2.05, 4.69) is 0 Å². The molecule has 2 aliphatic rings. The van der Waals surface area contributed by atoms with E-state index < -0.39 is 11.9 Å². The van der Waals surface area contributed by atoms with Crippen molar-refractivity contribution >= 4 is 11.9 Å². The van der Waals surface area contributed by atoms with Crippen LogP contribution in [0.3, 0.4) is 0 Å². The fraction of sp³-hybridized carbons (Fsp3) is 0.500. The van der Waals surface area contributed by atoms with Crippen LogP contribution in [0.1, 0.15) is 60.8 Å². The van der Waals surface area contributed by atoms with Crippen molar-refractivity contribution in [3.05, 3.63) is 47.3 Å². The second-order valence-electron chi connectivity index (χ2n) is 7.25. The Morgan fingerprint density at radius 2 is 1.25 bits per heavy atom. The molecule has 0 amide bonds. The molecule has 2 aromatic heterocycles. The van der Waals surface area contributed by atoms with Crippen molar-refractivity contribution in [1.82, 2.24) is 10.1 Å². The zero-order valence-electron chi connectivity index (χ0n) is 16.1. The molecule has 0 bridgehead atoms. The number of furan rings is 2. The van der Waals surface area contributed by atoms with Gasteiger partial charge in [-0.2, -0.15) is 0 Å². The smallest absolute Gasteiger partial charge is 0.438 e. The van der Waals surface area contributed by atoms with E-state index in [0.717, 1.165) is 48.7 Å². The van der Waals surface area contributed by atoms with Crippen molar-refractivity contribution in [1.29, 1.82) is 0 Å². The van der Waals surface area contributed by atoms with Gasteiger partial charge in [0.15, 0.2) is 0 Å². The molecule has 2 fully saturated rings. The van der Waals surface area contributed by atoms with Crippen LogP contribution in [0.25, 0.3) is 0 Å². The summed E-state index contributed by atoms with van der Waals surface area (Å²) in [4.78, 5) is 35.2. The summed E-state index contributed by atoms with van der Waals surface area (Å²) in [5, 5.41) is 3.00. The monoisotopic (exact) mass is 388 g/mol. The van der Waals surface area contributed by atoms with Crippen molar-refractivity contribution in [2.24, 2.45) is 0 Å². The van der Waals surface area contributed by atoms with E-state index in [1.54, 1.807) is 0 Å². The van der Waals surface area contributed by atoms with Gasteiger partial charge in [-0.15, -0.1) is 10.1 Å². The highest BCUT2D eigenvalue weighted by Crippen LogP contribution is 2.34. The fourth-order valence-corrected chi connectivity index (χ4v) is 3.82.